The van der Waals surface area contributed by atoms with E-state index in [1.807, 2.05) is 31.2 Å². The Morgan fingerprint density at radius 3 is 2.74 bits per heavy atom. The zero-order valence-electron chi connectivity index (χ0n) is 11.0. The number of aromatic nitrogens is 2. The molecule has 19 heavy (non-hydrogen) atoms. The van der Waals surface area contributed by atoms with Crippen molar-refractivity contribution in [2.24, 2.45) is 0 Å². The third kappa shape index (κ3) is 2.43. The molecular formula is C15H17N3O. The molecule has 4 nitrogen and oxygen atoms in total. The van der Waals surface area contributed by atoms with E-state index in [-0.39, 0.29) is 5.91 Å². The maximum absolute atomic E-state index is 12.4. The smallest absolute Gasteiger partial charge is 0.270 e. The number of carbonyl (C=O) groups is 1. The largest absolute Gasteiger partial charge is 0.348 e. The van der Waals surface area contributed by atoms with E-state index >= 15 is 0 Å². The van der Waals surface area contributed by atoms with E-state index in [4.69, 9.17) is 0 Å². The fourth-order valence-corrected chi connectivity index (χ4v) is 2.69. The molecule has 98 valence electrons. The summed E-state index contributed by atoms with van der Waals surface area (Å²) in [5.74, 6) is 0.559. The van der Waals surface area contributed by atoms with E-state index in [0.29, 0.717) is 17.6 Å². The van der Waals surface area contributed by atoms with E-state index in [0.717, 1.165) is 23.7 Å². The highest BCUT2D eigenvalue weighted by atomic mass is 16.1. The summed E-state index contributed by atoms with van der Waals surface area (Å²) < 4.78 is 0. The standard InChI is InChI=1S/C15H17N3O/c1-10-16-13-9-5-4-8-12(13)14(17-10)15(19)18-11-6-2-3-7-11/h4-5,8-9,11H,2-3,6-7H2,1H3,(H,18,19). The number of benzene rings is 1. The second-order valence-electron chi connectivity index (χ2n) is 5.09. The van der Waals surface area contributed by atoms with Crippen molar-refractivity contribution in [2.75, 3.05) is 0 Å². The fourth-order valence-electron chi connectivity index (χ4n) is 2.69. The molecule has 4 heteroatoms. The predicted octanol–water partition coefficient (Wildman–Crippen LogP) is 2.61. The number of nitrogens with zero attached hydrogens (tertiary/aromatic N) is 2. The number of hydrogen-bond donors (Lipinski definition) is 1. The maximum atomic E-state index is 12.4. The van der Waals surface area contributed by atoms with Gasteiger partial charge in [0.2, 0.25) is 0 Å². The van der Waals surface area contributed by atoms with Gasteiger partial charge in [-0.3, -0.25) is 4.79 Å². The van der Waals surface area contributed by atoms with Gasteiger partial charge >= 0.3 is 0 Å². The van der Waals surface area contributed by atoms with Crippen molar-refractivity contribution in [3.63, 3.8) is 0 Å². The van der Waals surface area contributed by atoms with E-state index in [1.165, 1.54) is 12.8 Å². The van der Waals surface area contributed by atoms with Crippen LogP contribution in [0.5, 0.6) is 0 Å². The van der Waals surface area contributed by atoms with Gasteiger partial charge in [-0.05, 0) is 25.8 Å². The Balaban J connectivity index is 1.96. The predicted molar refractivity (Wildman–Crippen MR) is 74.0 cm³/mol. The summed E-state index contributed by atoms with van der Waals surface area (Å²) in [6.07, 6.45) is 4.56. The minimum atomic E-state index is -0.0754. The Hall–Kier alpha value is -1.97. The quantitative estimate of drug-likeness (QED) is 0.897. The van der Waals surface area contributed by atoms with E-state index < -0.39 is 0 Å². The molecule has 0 bridgehead atoms. The summed E-state index contributed by atoms with van der Waals surface area (Å²) in [5, 5.41) is 3.91. The van der Waals surface area contributed by atoms with E-state index in [1.54, 1.807) is 0 Å². The third-order valence-corrected chi connectivity index (χ3v) is 3.62. The monoisotopic (exact) mass is 255 g/mol. The van der Waals surface area contributed by atoms with Crippen LogP contribution >= 0.6 is 0 Å². The van der Waals surface area contributed by atoms with E-state index in [2.05, 4.69) is 15.3 Å². The molecule has 1 aromatic heterocycles. The molecule has 0 spiro atoms. The SMILES string of the molecule is Cc1nc(C(=O)NC2CCCC2)c2ccccc2n1. The summed E-state index contributed by atoms with van der Waals surface area (Å²) >= 11 is 0. The van der Waals surface area contributed by atoms with Gasteiger partial charge in [-0.2, -0.15) is 0 Å². The number of carbonyl (C=O) groups excluding carboxylic acids is 1. The topological polar surface area (TPSA) is 54.9 Å². The average molecular weight is 255 g/mol. The van der Waals surface area contributed by atoms with Crippen LogP contribution in [0.2, 0.25) is 0 Å². The van der Waals surface area contributed by atoms with Crippen molar-refractivity contribution in [3.8, 4) is 0 Å². The number of amides is 1. The van der Waals surface area contributed by atoms with Gasteiger partial charge in [0.1, 0.15) is 11.5 Å². The second kappa shape index (κ2) is 4.96. The molecule has 1 amide bonds. The highest BCUT2D eigenvalue weighted by Gasteiger charge is 2.20. The number of aryl methyl sites for hydroxylation is 1. The molecule has 1 aromatic carbocycles. The fraction of sp³-hybridized carbons (Fsp3) is 0.400. The van der Waals surface area contributed by atoms with Crippen LogP contribution in [-0.4, -0.2) is 21.9 Å². The molecule has 0 unspecified atom stereocenters. The van der Waals surface area contributed by atoms with Crippen molar-refractivity contribution in [2.45, 2.75) is 38.6 Å². The van der Waals surface area contributed by atoms with Crippen molar-refractivity contribution in [1.29, 1.82) is 0 Å². The number of fused-ring (bicyclic) bond motifs is 1. The van der Waals surface area contributed by atoms with Gasteiger partial charge in [0, 0.05) is 11.4 Å². The van der Waals surface area contributed by atoms with Crippen LogP contribution in [0.1, 0.15) is 42.0 Å². The van der Waals surface area contributed by atoms with Gasteiger partial charge in [0.05, 0.1) is 5.52 Å². The zero-order chi connectivity index (χ0) is 13.2. The van der Waals surface area contributed by atoms with Crippen LogP contribution in [0.4, 0.5) is 0 Å². The van der Waals surface area contributed by atoms with Gasteiger partial charge in [-0.25, -0.2) is 9.97 Å². The highest BCUT2D eigenvalue weighted by molar-refractivity contribution is 6.04. The summed E-state index contributed by atoms with van der Waals surface area (Å²) in [4.78, 5) is 21.0. The zero-order valence-corrected chi connectivity index (χ0v) is 11.0. The number of nitrogens with one attached hydrogen (secondary N) is 1. The average Bonchev–Trinajstić information content (AvgIpc) is 2.90. The van der Waals surface area contributed by atoms with E-state index in [9.17, 15) is 4.79 Å². The third-order valence-electron chi connectivity index (χ3n) is 3.62. The van der Waals surface area contributed by atoms with Crippen LogP contribution in [0.3, 0.4) is 0 Å². The van der Waals surface area contributed by atoms with Gasteiger partial charge in [0.25, 0.3) is 5.91 Å². The molecule has 1 saturated carbocycles. The normalized spacial score (nSPS) is 15.8. The maximum Gasteiger partial charge on any atom is 0.270 e. The van der Waals surface area contributed by atoms with Crippen molar-refractivity contribution >= 4 is 16.8 Å². The second-order valence-corrected chi connectivity index (χ2v) is 5.09. The Bertz CT molecular complexity index is 618. The van der Waals surface area contributed by atoms with Crippen molar-refractivity contribution in [1.82, 2.24) is 15.3 Å². The highest BCUT2D eigenvalue weighted by Crippen LogP contribution is 2.20. The van der Waals surface area contributed by atoms with Gasteiger partial charge in [0.15, 0.2) is 0 Å². The number of hydrogen-bond acceptors (Lipinski definition) is 3. The number of para-hydroxylation sites is 1. The molecular weight excluding hydrogens is 238 g/mol. The Labute approximate surface area is 112 Å². The molecule has 1 fully saturated rings. The summed E-state index contributed by atoms with van der Waals surface area (Å²) in [6, 6.07) is 7.96. The summed E-state index contributed by atoms with van der Waals surface area (Å²) in [6.45, 7) is 1.82. The van der Waals surface area contributed by atoms with Crippen LogP contribution in [0, 0.1) is 6.92 Å². The Morgan fingerprint density at radius 2 is 1.95 bits per heavy atom. The summed E-state index contributed by atoms with van der Waals surface area (Å²) in [5.41, 5.74) is 1.32. The Kier molecular flexibility index (Phi) is 3.15. The minimum Gasteiger partial charge on any atom is -0.348 e. The van der Waals surface area contributed by atoms with Crippen LogP contribution in [0.15, 0.2) is 24.3 Å². The molecule has 1 aliphatic rings. The summed E-state index contributed by atoms with van der Waals surface area (Å²) in [7, 11) is 0. The van der Waals surface area contributed by atoms with Crippen molar-refractivity contribution < 1.29 is 4.79 Å². The van der Waals surface area contributed by atoms with Gasteiger partial charge in [-0.1, -0.05) is 31.0 Å². The first-order chi connectivity index (χ1) is 9.24. The molecule has 1 aliphatic carbocycles. The first-order valence-electron chi connectivity index (χ1n) is 6.78. The van der Waals surface area contributed by atoms with Crippen LogP contribution in [0.25, 0.3) is 10.9 Å². The lowest BCUT2D eigenvalue weighted by Crippen LogP contribution is -2.33. The molecule has 0 aliphatic heterocycles. The van der Waals surface area contributed by atoms with Crippen LogP contribution in [-0.2, 0) is 0 Å². The van der Waals surface area contributed by atoms with Crippen LogP contribution < -0.4 is 5.32 Å². The molecule has 0 atom stereocenters. The lowest BCUT2D eigenvalue weighted by molar-refractivity contribution is 0.0934. The molecule has 1 heterocycles. The van der Waals surface area contributed by atoms with Gasteiger partial charge in [-0.15, -0.1) is 0 Å². The Morgan fingerprint density at radius 1 is 1.21 bits per heavy atom. The first kappa shape index (κ1) is 12.1. The first-order valence-corrected chi connectivity index (χ1v) is 6.78. The molecule has 3 rings (SSSR count). The lowest BCUT2D eigenvalue weighted by atomic mass is 10.1. The van der Waals surface area contributed by atoms with Crippen molar-refractivity contribution in [3.05, 3.63) is 35.8 Å². The number of rotatable bonds is 2. The molecule has 1 N–H and O–H groups in total. The molecule has 0 radical (unpaired) electrons. The lowest BCUT2D eigenvalue weighted by Gasteiger charge is -2.12. The minimum absolute atomic E-state index is 0.0754. The molecule has 0 saturated heterocycles. The van der Waals surface area contributed by atoms with Gasteiger partial charge < -0.3 is 5.32 Å². The molecule has 2 aromatic rings.